The Labute approximate surface area is 184 Å². The number of rotatable bonds is 8. The van der Waals surface area contributed by atoms with E-state index in [0.717, 1.165) is 38.0 Å². The number of esters is 1. The average Bonchev–Trinajstić information content (AvgIpc) is 3.19. The van der Waals surface area contributed by atoms with Gasteiger partial charge in [-0.25, -0.2) is 0 Å². The second-order valence-corrected chi connectivity index (χ2v) is 8.40. The van der Waals surface area contributed by atoms with Gasteiger partial charge in [0.25, 0.3) is 0 Å². The van der Waals surface area contributed by atoms with E-state index in [9.17, 15) is 9.59 Å². The molecule has 0 saturated carbocycles. The fraction of sp³-hybridized carbons (Fsp3) is 0.520. The quantitative estimate of drug-likeness (QED) is 0.659. The molecule has 4 rings (SSSR count). The zero-order valence-electron chi connectivity index (χ0n) is 18.8. The van der Waals surface area contributed by atoms with Crippen LogP contribution in [0.3, 0.4) is 0 Å². The van der Waals surface area contributed by atoms with Crippen LogP contribution in [0.2, 0.25) is 0 Å². The predicted octanol–water partition coefficient (Wildman–Crippen LogP) is 3.62. The molecule has 0 bridgehead atoms. The Morgan fingerprint density at radius 2 is 2.03 bits per heavy atom. The van der Waals surface area contributed by atoms with Crippen LogP contribution < -0.4 is 0 Å². The maximum atomic E-state index is 13.3. The minimum absolute atomic E-state index is 0.146. The summed E-state index contributed by atoms with van der Waals surface area (Å²) in [5.74, 6) is -0.116. The highest BCUT2D eigenvalue weighted by molar-refractivity contribution is 5.99. The van der Waals surface area contributed by atoms with Gasteiger partial charge < -0.3 is 14.6 Å². The SMILES string of the molecule is CCOC(=O)CCCN1CC(C(=O)N(CC)CC)C=C2c3cccc4[nH]cc(c34)CC21. The van der Waals surface area contributed by atoms with E-state index in [1.807, 2.05) is 25.7 Å². The molecule has 166 valence electrons. The molecule has 0 saturated heterocycles. The maximum absolute atomic E-state index is 13.3. The van der Waals surface area contributed by atoms with Crippen molar-refractivity contribution < 1.29 is 14.3 Å². The van der Waals surface area contributed by atoms with Crippen LogP contribution in [0.1, 0.15) is 44.7 Å². The van der Waals surface area contributed by atoms with Gasteiger partial charge in [0.05, 0.1) is 12.5 Å². The number of ether oxygens (including phenoxy) is 1. The first kappa shape index (κ1) is 21.6. The molecule has 6 heteroatoms. The lowest BCUT2D eigenvalue weighted by Crippen LogP contribution is -2.49. The minimum atomic E-state index is -0.163. The monoisotopic (exact) mass is 423 g/mol. The van der Waals surface area contributed by atoms with Gasteiger partial charge in [-0.1, -0.05) is 18.2 Å². The van der Waals surface area contributed by atoms with E-state index in [-0.39, 0.29) is 23.8 Å². The maximum Gasteiger partial charge on any atom is 0.305 e. The van der Waals surface area contributed by atoms with Crippen molar-refractivity contribution in [1.82, 2.24) is 14.8 Å². The minimum Gasteiger partial charge on any atom is -0.466 e. The molecule has 2 heterocycles. The molecule has 0 spiro atoms. The average molecular weight is 424 g/mol. The normalized spacial score (nSPS) is 20.3. The Bertz CT molecular complexity index is 989. The van der Waals surface area contributed by atoms with Gasteiger partial charge >= 0.3 is 5.97 Å². The van der Waals surface area contributed by atoms with Gasteiger partial charge in [0.1, 0.15) is 0 Å². The van der Waals surface area contributed by atoms with Gasteiger partial charge in [0.15, 0.2) is 0 Å². The molecule has 6 nitrogen and oxygen atoms in total. The van der Waals surface area contributed by atoms with Crippen molar-refractivity contribution in [2.45, 2.75) is 46.1 Å². The van der Waals surface area contributed by atoms with Crippen LogP contribution in [-0.4, -0.2) is 65.5 Å². The Kier molecular flexibility index (Phi) is 6.46. The third-order valence-electron chi connectivity index (χ3n) is 6.65. The summed E-state index contributed by atoms with van der Waals surface area (Å²) in [6.07, 6.45) is 6.41. The van der Waals surface area contributed by atoms with Crippen LogP contribution in [0.25, 0.3) is 16.5 Å². The second kappa shape index (κ2) is 9.27. The topological polar surface area (TPSA) is 65.6 Å². The van der Waals surface area contributed by atoms with Gasteiger partial charge in [-0.15, -0.1) is 0 Å². The van der Waals surface area contributed by atoms with E-state index in [4.69, 9.17) is 4.74 Å². The molecule has 1 aliphatic heterocycles. The van der Waals surface area contributed by atoms with Crippen molar-refractivity contribution in [2.75, 3.05) is 32.8 Å². The van der Waals surface area contributed by atoms with Crippen LogP contribution in [0.4, 0.5) is 0 Å². The number of aromatic amines is 1. The molecule has 1 aromatic heterocycles. The molecule has 1 N–H and O–H groups in total. The van der Waals surface area contributed by atoms with Crippen molar-refractivity contribution in [3.8, 4) is 0 Å². The van der Waals surface area contributed by atoms with Crippen LogP contribution in [-0.2, 0) is 20.7 Å². The number of nitrogens with one attached hydrogen (secondary N) is 1. The van der Waals surface area contributed by atoms with E-state index in [1.165, 1.54) is 22.1 Å². The Morgan fingerprint density at radius 3 is 2.77 bits per heavy atom. The van der Waals surface area contributed by atoms with Crippen LogP contribution in [0.5, 0.6) is 0 Å². The van der Waals surface area contributed by atoms with E-state index in [2.05, 4.69) is 40.4 Å². The predicted molar refractivity (Wildman–Crippen MR) is 123 cm³/mol. The summed E-state index contributed by atoms with van der Waals surface area (Å²) in [5, 5.41) is 1.28. The summed E-state index contributed by atoms with van der Waals surface area (Å²) in [7, 11) is 0. The second-order valence-electron chi connectivity index (χ2n) is 8.40. The molecule has 0 radical (unpaired) electrons. The molecule has 1 amide bonds. The van der Waals surface area contributed by atoms with Crippen LogP contribution >= 0.6 is 0 Å². The number of aromatic nitrogens is 1. The summed E-state index contributed by atoms with van der Waals surface area (Å²) < 4.78 is 5.10. The van der Waals surface area contributed by atoms with Crippen molar-refractivity contribution in [3.63, 3.8) is 0 Å². The molecule has 1 aliphatic carbocycles. The largest absolute Gasteiger partial charge is 0.466 e. The summed E-state index contributed by atoms with van der Waals surface area (Å²) >= 11 is 0. The van der Waals surface area contributed by atoms with Gasteiger partial charge in [0, 0.05) is 49.2 Å². The van der Waals surface area contributed by atoms with Crippen molar-refractivity contribution >= 4 is 28.4 Å². The standard InChI is InChI=1S/C25H33N3O3/c1-4-27(5-2)25(30)18-13-20-19-9-7-10-21-24(19)17(15-26-21)14-22(20)28(16-18)12-8-11-23(29)31-6-3/h7,9-10,13,15,18,22,26H,4-6,8,11-12,14,16H2,1-3H3. The number of amides is 1. The van der Waals surface area contributed by atoms with Crippen LogP contribution in [0, 0.1) is 5.92 Å². The highest BCUT2D eigenvalue weighted by atomic mass is 16.5. The number of H-pyrrole nitrogens is 1. The number of carbonyl (C=O) groups is 2. The van der Waals surface area contributed by atoms with Crippen molar-refractivity contribution in [2.24, 2.45) is 5.92 Å². The number of fused-ring (bicyclic) bond motifs is 2. The number of nitrogens with zero attached hydrogens (tertiary/aromatic N) is 2. The Balaban J connectivity index is 1.65. The molecule has 31 heavy (non-hydrogen) atoms. The van der Waals surface area contributed by atoms with Gasteiger partial charge in [0.2, 0.25) is 5.91 Å². The third kappa shape index (κ3) is 4.13. The first-order valence-corrected chi connectivity index (χ1v) is 11.6. The molecular weight excluding hydrogens is 390 g/mol. The summed E-state index contributed by atoms with van der Waals surface area (Å²) in [6, 6.07) is 6.61. The Morgan fingerprint density at radius 1 is 1.23 bits per heavy atom. The molecule has 2 unspecified atom stereocenters. The molecule has 0 fully saturated rings. The molecular formula is C25H33N3O3. The number of carbonyl (C=O) groups excluding carboxylic acids is 2. The highest BCUT2D eigenvalue weighted by Gasteiger charge is 2.37. The summed E-state index contributed by atoms with van der Waals surface area (Å²) in [4.78, 5) is 32.8. The van der Waals surface area contributed by atoms with Crippen LogP contribution in [0.15, 0.2) is 30.5 Å². The van der Waals surface area contributed by atoms with E-state index >= 15 is 0 Å². The first-order chi connectivity index (χ1) is 15.1. The fourth-order valence-corrected chi connectivity index (χ4v) is 5.16. The van der Waals surface area contributed by atoms with Gasteiger partial charge in [-0.2, -0.15) is 0 Å². The molecule has 1 aromatic carbocycles. The third-order valence-corrected chi connectivity index (χ3v) is 6.65. The zero-order chi connectivity index (χ0) is 22.0. The number of hydrogen-bond acceptors (Lipinski definition) is 4. The van der Waals surface area contributed by atoms with Gasteiger partial charge in [-0.3, -0.25) is 14.5 Å². The molecule has 2 atom stereocenters. The highest BCUT2D eigenvalue weighted by Crippen LogP contribution is 2.41. The van der Waals surface area contributed by atoms with Gasteiger partial charge in [-0.05, 0) is 62.9 Å². The lowest BCUT2D eigenvalue weighted by Gasteiger charge is -2.42. The van der Waals surface area contributed by atoms with E-state index in [1.54, 1.807) is 0 Å². The van der Waals surface area contributed by atoms with Crippen molar-refractivity contribution in [3.05, 3.63) is 41.6 Å². The van der Waals surface area contributed by atoms with Crippen molar-refractivity contribution in [1.29, 1.82) is 0 Å². The first-order valence-electron chi connectivity index (χ1n) is 11.6. The Hall–Kier alpha value is -2.60. The number of benzene rings is 1. The molecule has 2 aliphatic rings. The summed E-state index contributed by atoms with van der Waals surface area (Å²) in [5.41, 5.74) is 4.97. The fourth-order valence-electron chi connectivity index (χ4n) is 5.16. The molecule has 2 aromatic rings. The lowest BCUT2D eigenvalue weighted by atomic mass is 9.79. The zero-order valence-corrected chi connectivity index (χ0v) is 18.8. The number of hydrogen-bond donors (Lipinski definition) is 1. The smallest absolute Gasteiger partial charge is 0.305 e. The summed E-state index contributed by atoms with van der Waals surface area (Å²) in [6.45, 7) is 9.23. The van der Waals surface area contributed by atoms with E-state index < -0.39 is 0 Å². The lowest BCUT2D eigenvalue weighted by molar-refractivity contribution is -0.143. The van der Waals surface area contributed by atoms with E-state index in [0.29, 0.717) is 19.6 Å².